The van der Waals surface area contributed by atoms with Crippen LogP contribution in [0.3, 0.4) is 0 Å². The summed E-state index contributed by atoms with van der Waals surface area (Å²) in [5.41, 5.74) is -0.360. The van der Waals surface area contributed by atoms with Gasteiger partial charge in [-0.3, -0.25) is 9.20 Å². The van der Waals surface area contributed by atoms with Crippen LogP contribution < -0.4 is 15.1 Å². The van der Waals surface area contributed by atoms with Gasteiger partial charge in [-0.05, 0) is 49.9 Å². The van der Waals surface area contributed by atoms with Gasteiger partial charge in [0.25, 0.3) is 12.3 Å². The molecule has 4 rings (SSSR count). The number of pyridine rings is 2. The minimum atomic E-state index is -4.52. The molecule has 7 nitrogen and oxygen atoms in total. The van der Waals surface area contributed by atoms with Gasteiger partial charge in [0, 0.05) is 38.6 Å². The fraction of sp³-hybridized carbons (Fsp3) is 0.458. The van der Waals surface area contributed by atoms with Gasteiger partial charge in [-0.2, -0.15) is 13.2 Å². The van der Waals surface area contributed by atoms with E-state index in [1.807, 2.05) is 11.9 Å². The number of anilines is 2. The number of rotatable bonds is 7. The predicted octanol–water partition coefficient (Wildman–Crippen LogP) is 4.63. The van der Waals surface area contributed by atoms with Crippen LogP contribution in [0.2, 0.25) is 0 Å². The first-order valence-corrected chi connectivity index (χ1v) is 11.6. The molecular formula is C24H27F5N6O. The van der Waals surface area contributed by atoms with E-state index in [4.69, 9.17) is 0 Å². The summed E-state index contributed by atoms with van der Waals surface area (Å²) < 4.78 is 65.9. The lowest BCUT2D eigenvalue weighted by atomic mass is 9.90. The quantitative estimate of drug-likeness (QED) is 0.470. The molecule has 3 aromatic heterocycles. The van der Waals surface area contributed by atoms with Gasteiger partial charge in [0.15, 0.2) is 5.69 Å². The zero-order valence-electron chi connectivity index (χ0n) is 19.8. The first-order valence-electron chi connectivity index (χ1n) is 11.6. The van der Waals surface area contributed by atoms with E-state index in [2.05, 4.69) is 15.3 Å². The van der Waals surface area contributed by atoms with Gasteiger partial charge >= 0.3 is 6.18 Å². The van der Waals surface area contributed by atoms with Crippen LogP contribution in [-0.4, -0.2) is 59.4 Å². The molecule has 12 heteroatoms. The van der Waals surface area contributed by atoms with Crippen molar-refractivity contribution in [2.45, 2.75) is 50.4 Å². The van der Waals surface area contributed by atoms with Crippen LogP contribution in [0.5, 0.6) is 0 Å². The highest BCUT2D eigenvalue weighted by atomic mass is 19.4. The van der Waals surface area contributed by atoms with Crippen molar-refractivity contribution < 1.29 is 26.7 Å². The first-order chi connectivity index (χ1) is 17.0. The molecule has 1 aliphatic carbocycles. The SMILES string of the molecule is CN(CC(F)F)c1ccc(C(=O)N[C@H]2CC[C@@H](N(C)c3cccc4nc(C(F)(F)F)cn34)CC2)cn1. The van der Waals surface area contributed by atoms with E-state index in [0.717, 1.165) is 19.0 Å². The van der Waals surface area contributed by atoms with Gasteiger partial charge in [0.1, 0.15) is 17.3 Å². The Kier molecular flexibility index (Phi) is 7.32. The second kappa shape index (κ2) is 10.3. The van der Waals surface area contributed by atoms with E-state index in [9.17, 15) is 26.7 Å². The first kappa shape index (κ1) is 25.6. The lowest BCUT2D eigenvalue weighted by molar-refractivity contribution is -0.140. The summed E-state index contributed by atoms with van der Waals surface area (Å²) in [4.78, 5) is 23.7. The molecule has 3 aromatic rings. The van der Waals surface area contributed by atoms with Gasteiger partial charge < -0.3 is 15.1 Å². The van der Waals surface area contributed by atoms with Crippen LogP contribution in [0.1, 0.15) is 41.7 Å². The van der Waals surface area contributed by atoms with Crippen LogP contribution in [0.25, 0.3) is 5.65 Å². The average Bonchev–Trinajstić information content (AvgIpc) is 3.29. The zero-order valence-corrected chi connectivity index (χ0v) is 19.8. The van der Waals surface area contributed by atoms with Crippen LogP contribution >= 0.6 is 0 Å². The minimum absolute atomic E-state index is 0.0517. The molecule has 0 spiro atoms. The van der Waals surface area contributed by atoms with Gasteiger partial charge in [-0.1, -0.05) is 6.07 Å². The molecule has 36 heavy (non-hydrogen) atoms. The molecule has 0 saturated heterocycles. The van der Waals surface area contributed by atoms with Crippen molar-refractivity contribution in [1.29, 1.82) is 0 Å². The van der Waals surface area contributed by atoms with Crippen molar-refractivity contribution >= 4 is 23.2 Å². The zero-order chi connectivity index (χ0) is 26.0. The summed E-state index contributed by atoms with van der Waals surface area (Å²) in [5.74, 6) is 0.682. The summed E-state index contributed by atoms with van der Waals surface area (Å²) in [6.07, 6.45) is -1.73. The number of carbonyl (C=O) groups is 1. The van der Waals surface area contributed by atoms with Crippen LogP contribution in [0, 0.1) is 0 Å². The second-order valence-electron chi connectivity index (χ2n) is 9.00. The normalized spacial score (nSPS) is 18.4. The molecule has 0 unspecified atom stereocenters. The highest BCUT2D eigenvalue weighted by Gasteiger charge is 2.34. The van der Waals surface area contributed by atoms with E-state index in [0.29, 0.717) is 30.0 Å². The van der Waals surface area contributed by atoms with Crippen LogP contribution in [-0.2, 0) is 6.18 Å². The fourth-order valence-electron chi connectivity index (χ4n) is 4.53. The maximum atomic E-state index is 13.1. The van der Waals surface area contributed by atoms with Crippen molar-refractivity contribution in [2.24, 2.45) is 0 Å². The van der Waals surface area contributed by atoms with Gasteiger partial charge in [-0.25, -0.2) is 18.7 Å². The lowest BCUT2D eigenvalue weighted by Crippen LogP contribution is -2.43. The molecule has 1 fully saturated rings. The molecule has 0 aliphatic heterocycles. The van der Waals surface area contributed by atoms with Crippen molar-refractivity contribution in [1.82, 2.24) is 19.7 Å². The Labute approximate surface area is 204 Å². The van der Waals surface area contributed by atoms with Gasteiger partial charge in [0.2, 0.25) is 0 Å². The summed E-state index contributed by atoms with van der Waals surface area (Å²) in [7, 11) is 3.36. The number of fused-ring (bicyclic) bond motifs is 1. The fourth-order valence-corrected chi connectivity index (χ4v) is 4.53. The maximum absolute atomic E-state index is 13.1. The van der Waals surface area contributed by atoms with Crippen LogP contribution in [0.15, 0.2) is 42.7 Å². The Balaban J connectivity index is 1.35. The largest absolute Gasteiger partial charge is 0.434 e. The van der Waals surface area contributed by atoms with E-state index < -0.39 is 24.8 Å². The van der Waals surface area contributed by atoms with E-state index in [1.54, 1.807) is 18.2 Å². The highest BCUT2D eigenvalue weighted by Crippen LogP contribution is 2.31. The molecule has 1 aliphatic rings. The third kappa shape index (κ3) is 5.68. The number of aromatic nitrogens is 3. The monoisotopic (exact) mass is 510 g/mol. The van der Waals surface area contributed by atoms with Crippen molar-refractivity contribution in [2.75, 3.05) is 30.4 Å². The number of amides is 1. The molecule has 1 amide bonds. The number of hydrogen-bond donors (Lipinski definition) is 1. The molecule has 0 atom stereocenters. The lowest BCUT2D eigenvalue weighted by Gasteiger charge is -2.36. The maximum Gasteiger partial charge on any atom is 0.434 e. The van der Waals surface area contributed by atoms with E-state index in [-0.39, 0.29) is 23.6 Å². The third-order valence-corrected chi connectivity index (χ3v) is 6.52. The smallest absolute Gasteiger partial charge is 0.358 e. The number of nitrogens with one attached hydrogen (secondary N) is 1. The highest BCUT2D eigenvalue weighted by molar-refractivity contribution is 5.94. The Bertz CT molecular complexity index is 1190. The summed E-state index contributed by atoms with van der Waals surface area (Å²) in [6.45, 7) is -0.449. The number of hydrogen-bond acceptors (Lipinski definition) is 5. The van der Waals surface area contributed by atoms with Crippen LogP contribution in [0.4, 0.5) is 33.6 Å². The summed E-state index contributed by atoms with van der Waals surface area (Å²) in [6, 6.07) is 8.11. The molecule has 0 aromatic carbocycles. The number of alkyl halides is 5. The Morgan fingerprint density at radius 3 is 2.47 bits per heavy atom. The summed E-state index contributed by atoms with van der Waals surface area (Å²) >= 11 is 0. The van der Waals surface area contributed by atoms with E-state index in [1.165, 1.54) is 34.7 Å². The van der Waals surface area contributed by atoms with Gasteiger partial charge in [0.05, 0.1) is 12.1 Å². The Morgan fingerprint density at radius 2 is 1.86 bits per heavy atom. The number of nitrogens with zero attached hydrogens (tertiary/aromatic N) is 5. The average molecular weight is 511 g/mol. The molecular weight excluding hydrogens is 483 g/mol. The third-order valence-electron chi connectivity index (χ3n) is 6.52. The number of imidazole rings is 1. The Morgan fingerprint density at radius 1 is 1.14 bits per heavy atom. The number of carbonyl (C=O) groups excluding carboxylic acids is 1. The van der Waals surface area contributed by atoms with Crippen molar-refractivity contribution in [3.8, 4) is 0 Å². The molecule has 1 N–H and O–H groups in total. The number of halogens is 5. The van der Waals surface area contributed by atoms with Gasteiger partial charge in [-0.15, -0.1) is 0 Å². The molecule has 0 bridgehead atoms. The molecule has 194 valence electrons. The van der Waals surface area contributed by atoms with Crippen molar-refractivity contribution in [3.05, 3.63) is 54.0 Å². The minimum Gasteiger partial charge on any atom is -0.358 e. The van der Waals surface area contributed by atoms with Crippen molar-refractivity contribution in [3.63, 3.8) is 0 Å². The molecule has 1 saturated carbocycles. The molecule has 0 radical (unpaired) electrons. The predicted molar refractivity (Wildman–Crippen MR) is 126 cm³/mol. The second-order valence-corrected chi connectivity index (χ2v) is 9.00. The topological polar surface area (TPSA) is 65.8 Å². The standard InChI is InChI=1S/C24H27F5N6O/c1-33(14-19(25)26)20-11-6-15(12-30-20)23(36)31-16-7-9-17(10-8-16)34(2)22-5-3-4-21-32-18(13-35(21)22)24(27,28)29/h3-6,11-13,16-17,19H,7-10,14H2,1-2H3,(H,31,36)/t16-,17+. The molecule has 3 heterocycles. The Hall–Kier alpha value is -3.44. The van der Waals surface area contributed by atoms with E-state index >= 15 is 0 Å². The summed E-state index contributed by atoms with van der Waals surface area (Å²) in [5, 5.41) is 2.99.